The summed E-state index contributed by atoms with van der Waals surface area (Å²) >= 11 is 0. The van der Waals surface area contributed by atoms with Crippen LogP contribution in [-0.4, -0.2) is 47.0 Å². The quantitative estimate of drug-likeness (QED) is 0.907. The van der Waals surface area contributed by atoms with Crippen LogP contribution in [0.3, 0.4) is 0 Å². The molecule has 5 heteroatoms. The van der Waals surface area contributed by atoms with Gasteiger partial charge in [0.2, 0.25) is 0 Å². The third-order valence-corrected chi connectivity index (χ3v) is 4.49. The van der Waals surface area contributed by atoms with E-state index in [9.17, 15) is 4.79 Å². The van der Waals surface area contributed by atoms with Crippen LogP contribution in [-0.2, 0) is 0 Å². The van der Waals surface area contributed by atoms with Crippen LogP contribution in [0.2, 0.25) is 0 Å². The molecule has 1 unspecified atom stereocenters. The first kappa shape index (κ1) is 14.1. The van der Waals surface area contributed by atoms with Crippen LogP contribution in [0.5, 0.6) is 0 Å². The highest BCUT2D eigenvalue weighted by Gasteiger charge is 2.28. The molecule has 112 valence electrons. The van der Waals surface area contributed by atoms with E-state index in [4.69, 9.17) is 0 Å². The third-order valence-electron chi connectivity index (χ3n) is 4.49. The van der Waals surface area contributed by atoms with Crippen molar-refractivity contribution in [3.63, 3.8) is 0 Å². The number of likely N-dealkylation sites (N-methyl/N-ethyl adjacent to an activating group) is 1. The van der Waals surface area contributed by atoms with Crippen molar-refractivity contribution in [2.24, 2.45) is 5.92 Å². The Morgan fingerprint density at radius 3 is 3.19 bits per heavy atom. The van der Waals surface area contributed by atoms with Gasteiger partial charge in [0.05, 0.1) is 17.4 Å². The standard InChI is InChI=1S/C16H22N4O/c1-3-11-7-8-20(2)9-14(11)19-16(21)12-5-4-6-13-15(12)18-10-17-13/h4-6,10-11,14H,3,7-9H2,1-2H3,(H,17,18)(H,19,21)/t11?,14-/m1/s1. The minimum atomic E-state index is -0.0218. The minimum Gasteiger partial charge on any atom is -0.348 e. The molecule has 1 aliphatic rings. The van der Waals surface area contributed by atoms with Crippen molar-refractivity contribution in [3.8, 4) is 0 Å². The van der Waals surface area contributed by atoms with E-state index < -0.39 is 0 Å². The van der Waals surface area contributed by atoms with Crippen LogP contribution in [0.15, 0.2) is 24.5 Å². The second-order valence-corrected chi connectivity index (χ2v) is 5.90. The molecule has 21 heavy (non-hydrogen) atoms. The van der Waals surface area contributed by atoms with Gasteiger partial charge in [-0.2, -0.15) is 0 Å². The van der Waals surface area contributed by atoms with Crippen LogP contribution in [0.25, 0.3) is 11.0 Å². The fourth-order valence-electron chi connectivity index (χ4n) is 3.21. The number of likely N-dealkylation sites (tertiary alicyclic amines) is 1. The van der Waals surface area contributed by atoms with Gasteiger partial charge in [0.15, 0.2) is 0 Å². The number of nitrogens with zero attached hydrogens (tertiary/aromatic N) is 2. The number of hydrogen-bond donors (Lipinski definition) is 2. The molecule has 1 aliphatic heterocycles. The number of hydrogen-bond acceptors (Lipinski definition) is 3. The molecular weight excluding hydrogens is 264 g/mol. The fourth-order valence-corrected chi connectivity index (χ4v) is 3.21. The molecule has 1 saturated heterocycles. The predicted molar refractivity (Wildman–Crippen MR) is 83.2 cm³/mol. The number of imidazole rings is 1. The number of fused-ring (bicyclic) bond motifs is 1. The second kappa shape index (κ2) is 5.85. The number of carbonyl (C=O) groups excluding carboxylic acids is 1. The number of aromatic nitrogens is 2. The summed E-state index contributed by atoms with van der Waals surface area (Å²) in [6, 6.07) is 5.88. The summed E-state index contributed by atoms with van der Waals surface area (Å²) in [5.74, 6) is 0.537. The van der Waals surface area contributed by atoms with Crippen molar-refractivity contribution < 1.29 is 4.79 Å². The summed E-state index contributed by atoms with van der Waals surface area (Å²) in [4.78, 5) is 22.2. The summed E-state index contributed by atoms with van der Waals surface area (Å²) in [5.41, 5.74) is 2.29. The molecule has 2 atom stereocenters. The van der Waals surface area contributed by atoms with E-state index in [2.05, 4.69) is 34.2 Å². The van der Waals surface area contributed by atoms with Crippen LogP contribution < -0.4 is 5.32 Å². The van der Waals surface area contributed by atoms with Crippen molar-refractivity contribution in [2.45, 2.75) is 25.8 Å². The van der Waals surface area contributed by atoms with Gasteiger partial charge in [0.1, 0.15) is 5.52 Å². The summed E-state index contributed by atoms with van der Waals surface area (Å²) in [6.45, 7) is 4.23. The van der Waals surface area contributed by atoms with Gasteiger partial charge >= 0.3 is 0 Å². The Morgan fingerprint density at radius 1 is 1.52 bits per heavy atom. The highest BCUT2D eigenvalue weighted by Crippen LogP contribution is 2.21. The maximum atomic E-state index is 12.6. The van der Waals surface area contributed by atoms with Gasteiger partial charge in [-0.25, -0.2) is 4.98 Å². The van der Waals surface area contributed by atoms with Gasteiger partial charge in [0.25, 0.3) is 5.91 Å². The molecule has 1 amide bonds. The first-order valence-corrected chi connectivity index (χ1v) is 7.60. The van der Waals surface area contributed by atoms with E-state index in [1.807, 2.05) is 18.2 Å². The Bertz CT molecular complexity index is 636. The second-order valence-electron chi connectivity index (χ2n) is 5.90. The molecule has 1 aromatic carbocycles. The van der Waals surface area contributed by atoms with Crippen LogP contribution in [0, 0.1) is 5.92 Å². The van der Waals surface area contributed by atoms with E-state index in [1.54, 1.807) is 6.33 Å². The Balaban J connectivity index is 1.80. The molecule has 0 saturated carbocycles. The maximum absolute atomic E-state index is 12.6. The molecule has 1 aromatic heterocycles. The average Bonchev–Trinajstić information content (AvgIpc) is 2.95. The van der Waals surface area contributed by atoms with Gasteiger partial charge in [-0.3, -0.25) is 4.79 Å². The third kappa shape index (κ3) is 2.78. The van der Waals surface area contributed by atoms with Gasteiger partial charge in [-0.05, 0) is 38.1 Å². The minimum absolute atomic E-state index is 0.0218. The summed E-state index contributed by atoms with van der Waals surface area (Å²) < 4.78 is 0. The zero-order chi connectivity index (χ0) is 14.8. The van der Waals surface area contributed by atoms with E-state index in [-0.39, 0.29) is 11.9 Å². The molecule has 0 aliphatic carbocycles. The van der Waals surface area contributed by atoms with Crippen molar-refractivity contribution in [1.82, 2.24) is 20.2 Å². The SMILES string of the molecule is CCC1CCN(C)C[C@H]1NC(=O)c1cccc2[nH]cnc12. The highest BCUT2D eigenvalue weighted by atomic mass is 16.1. The molecule has 0 radical (unpaired) electrons. The largest absolute Gasteiger partial charge is 0.348 e. The van der Waals surface area contributed by atoms with Crippen molar-refractivity contribution >= 4 is 16.9 Å². The number of aromatic amines is 1. The van der Waals surface area contributed by atoms with Crippen molar-refractivity contribution in [1.29, 1.82) is 0 Å². The number of rotatable bonds is 3. The van der Waals surface area contributed by atoms with E-state index in [0.717, 1.165) is 37.0 Å². The molecule has 0 bridgehead atoms. The molecule has 1 fully saturated rings. The normalized spacial score (nSPS) is 23.3. The predicted octanol–water partition coefficient (Wildman–Crippen LogP) is 2.02. The topological polar surface area (TPSA) is 61.0 Å². The number of H-pyrrole nitrogens is 1. The summed E-state index contributed by atoms with van der Waals surface area (Å²) in [7, 11) is 2.11. The van der Waals surface area contributed by atoms with Crippen molar-refractivity contribution in [2.75, 3.05) is 20.1 Å². The highest BCUT2D eigenvalue weighted by molar-refractivity contribution is 6.04. The van der Waals surface area contributed by atoms with Gasteiger partial charge in [0, 0.05) is 12.6 Å². The molecule has 2 aromatic rings. The molecule has 2 heterocycles. The fraction of sp³-hybridized carbons (Fsp3) is 0.500. The Hall–Kier alpha value is -1.88. The van der Waals surface area contributed by atoms with Gasteiger partial charge in [-0.15, -0.1) is 0 Å². The lowest BCUT2D eigenvalue weighted by molar-refractivity contribution is 0.0870. The maximum Gasteiger partial charge on any atom is 0.253 e. The number of amides is 1. The van der Waals surface area contributed by atoms with E-state index >= 15 is 0 Å². The smallest absolute Gasteiger partial charge is 0.253 e. The Labute approximate surface area is 124 Å². The molecule has 2 N–H and O–H groups in total. The lowest BCUT2D eigenvalue weighted by Gasteiger charge is -2.36. The summed E-state index contributed by atoms with van der Waals surface area (Å²) in [6.07, 6.45) is 3.88. The van der Waals surface area contributed by atoms with Crippen LogP contribution in [0.1, 0.15) is 30.1 Å². The number of nitrogens with one attached hydrogen (secondary N) is 2. The average molecular weight is 286 g/mol. The Kier molecular flexibility index (Phi) is 3.92. The monoisotopic (exact) mass is 286 g/mol. The molecule has 5 nitrogen and oxygen atoms in total. The lowest BCUT2D eigenvalue weighted by atomic mass is 9.89. The van der Waals surface area contributed by atoms with E-state index in [1.165, 1.54) is 0 Å². The number of carbonyl (C=O) groups is 1. The number of para-hydroxylation sites is 1. The lowest BCUT2D eigenvalue weighted by Crippen LogP contribution is -2.51. The zero-order valence-electron chi connectivity index (χ0n) is 12.6. The molecular formula is C16H22N4O. The zero-order valence-corrected chi connectivity index (χ0v) is 12.6. The first-order valence-electron chi connectivity index (χ1n) is 7.60. The van der Waals surface area contributed by atoms with Gasteiger partial charge < -0.3 is 15.2 Å². The summed E-state index contributed by atoms with van der Waals surface area (Å²) in [5, 5.41) is 3.21. The first-order chi connectivity index (χ1) is 10.2. The Morgan fingerprint density at radius 2 is 2.38 bits per heavy atom. The van der Waals surface area contributed by atoms with Crippen LogP contribution >= 0.6 is 0 Å². The molecule has 0 spiro atoms. The molecule has 3 rings (SSSR count). The number of benzene rings is 1. The number of piperidine rings is 1. The van der Waals surface area contributed by atoms with E-state index in [0.29, 0.717) is 11.5 Å². The van der Waals surface area contributed by atoms with Crippen molar-refractivity contribution in [3.05, 3.63) is 30.1 Å². The van der Waals surface area contributed by atoms with Gasteiger partial charge in [-0.1, -0.05) is 19.4 Å². The van der Waals surface area contributed by atoms with Crippen LogP contribution in [0.4, 0.5) is 0 Å².